The summed E-state index contributed by atoms with van der Waals surface area (Å²) in [6.07, 6.45) is 0.564. The fourth-order valence-corrected chi connectivity index (χ4v) is 2.25. The summed E-state index contributed by atoms with van der Waals surface area (Å²) < 4.78 is 10.7. The zero-order valence-corrected chi connectivity index (χ0v) is 9.38. The zero-order valence-electron chi connectivity index (χ0n) is 9.38. The van der Waals surface area contributed by atoms with Gasteiger partial charge in [0.15, 0.2) is 5.41 Å². The molecule has 1 unspecified atom stereocenters. The van der Waals surface area contributed by atoms with Gasteiger partial charge in [-0.15, -0.1) is 0 Å². The highest BCUT2D eigenvalue weighted by molar-refractivity contribution is 5.43. The highest BCUT2D eigenvalue weighted by Crippen LogP contribution is 2.51. The lowest BCUT2D eigenvalue weighted by atomic mass is 9.58. The van der Waals surface area contributed by atoms with Gasteiger partial charge in [-0.05, 0) is 6.08 Å². The van der Waals surface area contributed by atoms with E-state index in [1.54, 1.807) is 18.2 Å². The first-order valence-electron chi connectivity index (χ1n) is 5.29. The molecule has 1 aliphatic carbocycles. The minimum absolute atomic E-state index is 0.0175. The number of fused-ring (bicyclic) bond motifs is 1. The molecule has 1 saturated heterocycles. The molecule has 0 N–H and O–H groups in total. The van der Waals surface area contributed by atoms with Crippen LogP contribution in [0.3, 0.4) is 0 Å². The molecule has 1 aliphatic heterocycles. The van der Waals surface area contributed by atoms with Gasteiger partial charge in [-0.1, -0.05) is 0 Å². The van der Waals surface area contributed by atoms with E-state index in [1.165, 1.54) is 0 Å². The standard InChI is InChI=1S/C12H8N4O2/c13-5-11(6-14)2-1-9-10(18-4-3-17-9)12(11,7-15)8-16/h1,10H,2-4H2. The summed E-state index contributed by atoms with van der Waals surface area (Å²) >= 11 is 0. The van der Waals surface area contributed by atoms with Crippen LogP contribution in [-0.4, -0.2) is 19.3 Å². The first-order chi connectivity index (χ1) is 8.69. The number of allylic oxidation sites excluding steroid dienone is 1. The average Bonchev–Trinajstić information content (AvgIpc) is 2.46. The predicted molar refractivity (Wildman–Crippen MR) is 55.7 cm³/mol. The van der Waals surface area contributed by atoms with Crippen LogP contribution in [-0.2, 0) is 9.47 Å². The van der Waals surface area contributed by atoms with Gasteiger partial charge in [-0.2, -0.15) is 21.0 Å². The second-order valence-corrected chi connectivity index (χ2v) is 4.07. The van der Waals surface area contributed by atoms with Gasteiger partial charge in [0, 0.05) is 6.42 Å². The number of nitriles is 4. The van der Waals surface area contributed by atoms with Crippen LogP contribution in [0, 0.1) is 56.2 Å². The largest absolute Gasteiger partial charge is 0.493 e. The maximum Gasteiger partial charge on any atom is 0.208 e. The Kier molecular flexibility index (Phi) is 2.68. The minimum Gasteiger partial charge on any atom is -0.493 e. The highest BCUT2D eigenvalue weighted by Gasteiger charge is 2.63. The molecule has 2 aliphatic rings. The molecule has 0 radical (unpaired) electrons. The summed E-state index contributed by atoms with van der Waals surface area (Å²) in [7, 11) is 0. The van der Waals surface area contributed by atoms with E-state index in [9.17, 15) is 21.0 Å². The molecule has 18 heavy (non-hydrogen) atoms. The summed E-state index contributed by atoms with van der Waals surface area (Å²) in [5, 5.41) is 37.1. The van der Waals surface area contributed by atoms with Crippen LogP contribution < -0.4 is 0 Å². The Morgan fingerprint density at radius 3 is 2.28 bits per heavy atom. The van der Waals surface area contributed by atoms with Crippen molar-refractivity contribution in [2.45, 2.75) is 12.5 Å². The fraction of sp³-hybridized carbons (Fsp3) is 0.500. The van der Waals surface area contributed by atoms with E-state index in [0.717, 1.165) is 0 Å². The summed E-state index contributed by atoms with van der Waals surface area (Å²) in [6, 6.07) is 7.23. The number of hydrogen-bond donors (Lipinski definition) is 0. The summed E-state index contributed by atoms with van der Waals surface area (Å²) in [5.74, 6) is 0.366. The Morgan fingerprint density at radius 1 is 1.06 bits per heavy atom. The Bertz CT molecular complexity index is 539. The van der Waals surface area contributed by atoms with Gasteiger partial charge >= 0.3 is 0 Å². The maximum absolute atomic E-state index is 9.34. The molecule has 0 spiro atoms. The normalized spacial score (nSPS) is 26.9. The third-order valence-corrected chi connectivity index (χ3v) is 3.31. The van der Waals surface area contributed by atoms with Crippen LogP contribution in [0.5, 0.6) is 0 Å². The number of ether oxygens (including phenoxy) is 2. The van der Waals surface area contributed by atoms with Crippen molar-refractivity contribution in [3.63, 3.8) is 0 Å². The van der Waals surface area contributed by atoms with Crippen LogP contribution in [0.2, 0.25) is 0 Å². The lowest BCUT2D eigenvalue weighted by molar-refractivity contribution is -0.0945. The van der Waals surface area contributed by atoms with E-state index in [4.69, 9.17) is 9.47 Å². The van der Waals surface area contributed by atoms with Crippen molar-refractivity contribution < 1.29 is 9.47 Å². The van der Waals surface area contributed by atoms with Crippen LogP contribution >= 0.6 is 0 Å². The maximum atomic E-state index is 9.34. The average molecular weight is 240 g/mol. The van der Waals surface area contributed by atoms with Crippen LogP contribution in [0.25, 0.3) is 0 Å². The lowest BCUT2D eigenvalue weighted by Gasteiger charge is -2.42. The van der Waals surface area contributed by atoms with Gasteiger partial charge in [0.05, 0.1) is 30.9 Å². The van der Waals surface area contributed by atoms with Gasteiger partial charge in [0.1, 0.15) is 18.5 Å². The van der Waals surface area contributed by atoms with E-state index >= 15 is 0 Å². The topological polar surface area (TPSA) is 114 Å². The fourth-order valence-electron chi connectivity index (χ4n) is 2.25. The van der Waals surface area contributed by atoms with Crippen LogP contribution in [0.1, 0.15) is 6.42 Å². The molecule has 6 heteroatoms. The van der Waals surface area contributed by atoms with E-state index < -0.39 is 16.9 Å². The van der Waals surface area contributed by atoms with Gasteiger partial charge in [0.25, 0.3) is 0 Å². The molecule has 0 aromatic rings. The molecule has 88 valence electrons. The van der Waals surface area contributed by atoms with E-state index in [1.807, 2.05) is 12.1 Å². The molecule has 1 atom stereocenters. The third-order valence-electron chi connectivity index (χ3n) is 3.31. The van der Waals surface area contributed by atoms with Gasteiger partial charge < -0.3 is 9.47 Å². The lowest BCUT2D eigenvalue weighted by Crippen LogP contribution is -2.53. The molecule has 0 bridgehead atoms. The Morgan fingerprint density at radius 2 is 1.72 bits per heavy atom. The van der Waals surface area contributed by atoms with Crippen molar-refractivity contribution in [3.05, 3.63) is 11.8 Å². The molecule has 0 aromatic carbocycles. The predicted octanol–water partition coefficient (Wildman–Crippen LogP) is 0.757. The third kappa shape index (κ3) is 1.22. The quantitative estimate of drug-likeness (QED) is 0.617. The molecule has 0 saturated carbocycles. The first-order valence-corrected chi connectivity index (χ1v) is 5.29. The first kappa shape index (κ1) is 11.9. The highest BCUT2D eigenvalue weighted by atomic mass is 16.6. The summed E-state index contributed by atoms with van der Waals surface area (Å²) in [6.45, 7) is 0.557. The second-order valence-electron chi connectivity index (χ2n) is 4.07. The monoisotopic (exact) mass is 240 g/mol. The van der Waals surface area contributed by atoms with E-state index in [0.29, 0.717) is 12.4 Å². The van der Waals surface area contributed by atoms with Gasteiger partial charge in [0.2, 0.25) is 5.41 Å². The SMILES string of the molecule is N#CC1(C#N)CC=C2OCCOC2C1(C#N)C#N. The van der Waals surface area contributed by atoms with Crippen LogP contribution in [0.15, 0.2) is 11.8 Å². The molecule has 0 amide bonds. The summed E-state index contributed by atoms with van der Waals surface area (Å²) in [4.78, 5) is 0. The van der Waals surface area contributed by atoms with Gasteiger partial charge in [-0.25, -0.2) is 0 Å². The van der Waals surface area contributed by atoms with E-state index in [-0.39, 0.29) is 13.0 Å². The molecule has 1 heterocycles. The van der Waals surface area contributed by atoms with Crippen molar-refractivity contribution in [1.29, 1.82) is 21.0 Å². The van der Waals surface area contributed by atoms with Crippen LogP contribution in [0.4, 0.5) is 0 Å². The molecular weight excluding hydrogens is 232 g/mol. The molecule has 2 rings (SSSR count). The van der Waals surface area contributed by atoms with Crippen molar-refractivity contribution in [1.82, 2.24) is 0 Å². The molecule has 0 aromatic heterocycles. The van der Waals surface area contributed by atoms with Crippen molar-refractivity contribution in [2.24, 2.45) is 10.8 Å². The van der Waals surface area contributed by atoms with E-state index in [2.05, 4.69) is 0 Å². The number of nitrogens with zero attached hydrogens (tertiary/aromatic N) is 4. The van der Waals surface area contributed by atoms with Crippen molar-refractivity contribution in [2.75, 3.05) is 13.2 Å². The summed E-state index contributed by atoms with van der Waals surface area (Å²) in [5.41, 5.74) is -3.59. The molecule has 6 nitrogen and oxygen atoms in total. The number of rotatable bonds is 0. The van der Waals surface area contributed by atoms with Crippen molar-refractivity contribution in [3.8, 4) is 24.3 Å². The Hall–Kier alpha value is -2.54. The number of hydrogen-bond acceptors (Lipinski definition) is 6. The molecule has 1 fully saturated rings. The Balaban J connectivity index is 2.66. The second kappa shape index (κ2) is 4.04. The minimum atomic E-state index is -1.86. The molecular formula is C12H8N4O2. The smallest absolute Gasteiger partial charge is 0.208 e. The zero-order chi connectivity index (χ0) is 13.2. The Labute approximate surface area is 104 Å². The van der Waals surface area contributed by atoms with Crippen molar-refractivity contribution >= 4 is 0 Å². The van der Waals surface area contributed by atoms with Gasteiger partial charge in [-0.3, -0.25) is 0 Å².